The molecule has 2 rings (SSSR count). The molecule has 0 radical (unpaired) electrons. The van der Waals surface area contributed by atoms with E-state index in [1.165, 1.54) is 23.1 Å². The van der Waals surface area contributed by atoms with E-state index >= 15 is 0 Å². The Labute approximate surface area is 120 Å². The highest BCUT2D eigenvalue weighted by atomic mass is 32.2. The molecule has 1 aliphatic heterocycles. The largest absolute Gasteiger partial charge is 0.504 e. The first-order valence-corrected chi connectivity index (χ1v) is 7.27. The summed E-state index contributed by atoms with van der Waals surface area (Å²) in [4.78, 5) is 24.8. The van der Waals surface area contributed by atoms with Crippen LogP contribution in [0.4, 0.5) is 0 Å². The van der Waals surface area contributed by atoms with Crippen LogP contribution >= 0.6 is 11.8 Å². The number of hydrogen-bond donors (Lipinski definition) is 3. The van der Waals surface area contributed by atoms with Gasteiger partial charge in [0.2, 0.25) is 0 Å². The standard InChI is InChI=1S/C13H15NO5S/c15-10-2-1-8(5-11(10)16)13(19)14-3-4-20-7-9(14)6-12(17)18/h1-2,5,9,15-16H,3-4,6-7H2,(H,17,18). The molecule has 1 fully saturated rings. The molecule has 1 unspecified atom stereocenters. The van der Waals surface area contributed by atoms with Crippen molar-refractivity contribution in [1.82, 2.24) is 4.90 Å². The maximum Gasteiger partial charge on any atom is 0.305 e. The number of amides is 1. The topological polar surface area (TPSA) is 98.1 Å². The second-order valence-electron chi connectivity index (χ2n) is 4.53. The third kappa shape index (κ3) is 3.16. The van der Waals surface area contributed by atoms with Gasteiger partial charge in [-0.2, -0.15) is 11.8 Å². The molecule has 1 atom stereocenters. The summed E-state index contributed by atoms with van der Waals surface area (Å²) in [5, 5.41) is 27.6. The highest BCUT2D eigenvalue weighted by Gasteiger charge is 2.29. The number of phenolic OH excluding ortho intramolecular Hbond substituents is 2. The van der Waals surface area contributed by atoms with Gasteiger partial charge in [-0.15, -0.1) is 0 Å². The van der Waals surface area contributed by atoms with E-state index in [-0.39, 0.29) is 35.4 Å². The van der Waals surface area contributed by atoms with Crippen molar-refractivity contribution in [2.75, 3.05) is 18.1 Å². The molecule has 108 valence electrons. The average molecular weight is 297 g/mol. The van der Waals surface area contributed by atoms with E-state index in [0.717, 1.165) is 5.75 Å². The number of hydrogen-bond acceptors (Lipinski definition) is 5. The van der Waals surface area contributed by atoms with Crippen LogP contribution in [0.3, 0.4) is 0 Å². The molecule has 20 heavy (non-hydrogen) atoms. The molecule has 1 aliphatic rings. The fourth-order valence-electron chi connectivity index (χ4n) is 2.12. The van der Waals surface area contributed by atoms with E-state index < -0.39 is 5.97 Å². The normalized spacial score (nSPS) is 18.8. The van der Waals surface area contributed by atoms with Crippen molar-refractivity contribution in [1.29, 1.82) is 0 Å². The number of carboxylic acids is 1. The lowest BCUT2D eigenvalue weighted by atomic mass is 10.1. The molecule has 0 saturated carbocycles. The molecule has 1 heterocycles. The van der Waals surface area contributed by atoms with E-state index in [1.54, 1.807) is 11.8 Å². The van der Waals surface area contributed by atoms with Crippen molar-refractivity contribution >= 4 is 23.6 Å². The van der Waals surface area contributed by atoms with Crippen LogP contribution in [0, 0.1) is 0 Å². The quantitative estimate of drug-likeness (QED) is 0.724. The number of carbonyl (C=O) groups excluding carboxylic acids is 1. The first kappa shape index (κ1) is 14.5. The van der Waals surface area contributed by atoms with Crippen LogP contribution in [0.2, 0.25) is 0 Å². The maximum absolute atomic E-state index is 12.4. The van der Waals surface area contributed by atoms with Gasteiger partial charge in [-0.3, -0.25) is 9.59 Å². The van der Waals surface area contributed by atoms with Crippen molar-refractivity contribution in [3.05, 3.63) is 23.8 Å². The molecule has 1 saturated heterocycles. The first-order valence-electron chi connectivity index (χ1n) is 6.11. The molecule has 1 amide bonds. The van der Waals surface area contributed by atoms with Gasteiger partial charge in [0.15, 0.2) is 11.5 Å². The maximum atomic E-state index is 12.4. The fraction of sp³-hybridized carbons (Fsp3) is 0.385. The number of carboxylic acid groups (broad SMARTS) is 1. The van der Waals surface area contributed by atoms with Crippen molar-refractivity contribution in [2.24, 2.45) is 0 Å². The Morgan fingerprint density at radius 3 is 2.70 bits per heavy atom. The van der Waals surface area contributed by atoms with Gasteiger partial charge in [0.1, 0.15) is 0 Å². The lowest BCUT2D eigenvalue weighted by Gasteiger charge is -2.34. The minimum Gasteiger partial charge on any atom is -0.504 e. The average Bonchev–Trinajstić information content (AvgIpc) is 2.41. The molecule has 0 aromatic heterocycles. The van der Waals surface area contributed by atoms with Crippen LogP contribution in [-0.4, -0.2) is 56.2 Å². The summed E-state index contributed by atoms with van der Waals surface area (Å²) in [6.07, 6.45) is -0.0944. The van der Waals surface area contributed by atoms with Crippen molar-refractivity contribution in [2.45, 2.75) is 12.5 Å². The zero-order chi connectivity index (χ0) is 14.7. The van der Waals surface area contributed by atoms with Crippen LogP contribution in [0.15, 0.2) is 18.2 Å². The molecule has 6 nitrogen and oxygen atoms in total. The predicted molar refractivity (Wildman–Crippen MR) is 74.2 cm³/mol. The van der Waals surface area contributed by atoms with Crippen LogP contribution in [0.1, 0.15) is 16.8 Å². The van der Waals surface area contributed by atoms with E-state index in [0.29, 0.717) is 12.3 Å². The smallest absolute Gasteiger partial charge is 0.305 e. The van der Waals surface area contributed by atoms with Gasteiger partial charge in [0.05, 0.1) is 12.5 Å². The molecule has 7 heteroatoms. The molecule has 1 aromatic rings. The molecule has 0 spiro atoms. The number of rotatable bonds is 3. The van der Waals surface area contributed by atoms with Gasteiger partial charge >= 0.3 is 5.97 Å². The molecule has 3 N–H and O–H groups in total. The Morgan fingerprint density at radius 2 is 2.05 bits per heavy atom. The van der Waals surface area contributed by atoms with E-state index in [1.807, 2.05) is 0 Å². The van der Waals surface area contributed by atoms with Gasteiger partial charge < -0.3 is 20.2 Å². The third-order valence-corrected chi connectivity index (χ3v) is 4.21. The van der Waals surface area contributed by atoms with Crippen molar-refractivity contribution < 1.29 is 24.9 Å². The Bertz CT molecular complexity index is 533. The number of carbonyl (C=O) groups is 2. The minimum atomic E-state index is -0.941. The summed E-state index contributed by atoms with van der Waals surface area (Å²) in [7, 11) is 0. The first-order chi connectivity index (χ1) is 9.49. The molecular weight excluding hydrogens is 282 g/mol. The van der Waals surface area contributed by atoms with Crippen LogP contribution < -0.4 is 0 Å². The number of benzene rings is 1. The number of aromatic hydroxyl groups is 2. The summed E-state index contributed by atoms with van der Waals surface area (Å²) >= 11 is 1.62. The van der Waals surface area contributed by atoms with Gasteiger partial charge in [-0.25, -0.2) is 0 Å². The summed E-state index contributed by atoms with van der Waals surface area (Å²) < 4.78 is 0. The molecule has 0 bridgehead atoms. The van der Waals surface area contributed by atoms with E-state index in [4.69, 9.17) is 5.11 Å². The van der Waals surface area contributed by atoms with Crippen molar-refractivity contribution in [3.8, 4) is 11.5 Å². The van der Waals surface area contributed by atoms with Crippen LogP contribution in [0.5, 0.6) is 11.5 Å². The van der Waals surface area contributed by atoms with E-state index in [2.05, 4.69) is 0 Å². The lowest BCUT2D eigenvalue weighted by Crippen LogP contribution is -2.47. The number of aliphatic carboxylic acids is 1. The Hall–Kier alpha value is -1.89. The predicted octanol–water partition coefficient (Wildman–Crippen LogP) is 1.13. The van der Waals surface area contributed by atoms with Crippen molar-refractivity contribution in [3.63, 3.8) is 0 Å². The zero-order valence-electron chi connectivity index (χ0n) is 10.7. The van der Waals surface area contributed by atoms with E-state index in [9.17, 15) is 19.8 Å². The highest BCUT2D eigenvalue weighted by Crippen LogP contribution is 2.27. The Kier molecular flexibility index (Phi) is 4.39. The monoisotopic (exact) mass is 297 g/mol. The molecule has 0 aliphatic carbocycles. The van der Waals surface area contributed by atoms with Gasteiger partial charge in [-0.1, -0.05) is 0 Å². The number of nitrogens with zero attached hydrogens (tertiary/aromatic N) is 1. The lowest BCUT2D eigenvalue weighted by molar-refractivity contribution is -0.138. The minimum absolute atomic E-state index is 0.0944. The van der Waals surface area contributed by atoms with Gasteiger partial charge in [-0.05, 0) is 18.2 Å². The summed E-state index contributed by atoms with van der Waals surface area (Å²) in [5.41, 5.74) is 0.239. The van der Waals surface area contributed by atoms with Crippen LogP contribution in [0.25, 0.3) is 0 Å². The second kappa shape index (κ2) is 6.04. The zero-order valence-corrected chi connectivity index (χ0v) is 11.5. The van der Waals surface area contributed by atoms with Gasteiger partial charge in [0.25, 0.3) is 5.91 Å². The summed E-state index contributed by atoms with van der Waals surface area (Å²) in [5.74, 6) is -0.584. The van der Waals surface area contributed by atoms with Crippen LogP contribution in [-0.2, 0) is 4.79 Å². The SMILES string of the molecule is O=C(O)CC1CSCCN1C(=O)c1ccc(O)c(O)c1. The third-order valence-electron chi connectivity index (χ3n) is 3.12. The number of thioether (sulfide) groups is 1. The molecule has 1 aromatic carbocycles. The Balaban J connectivity index is 2.20. The fourth-order valence-corrected chi connectivity index (χ4v) is 3.18. The van der Waals surface area contributed by atoms with Gasteiger partial charge in [0, 0.05) is 23.6 Å². The number of phenols is 2. The highest BCUT2D eigenvalue weighted by molar-refractivity contribution is 7.99. The second-order valence-corrected chi connectivity index (χ2v) is 5.68. The summed E-state index contributed by atoms with van der Waals surface area (Å²) in [6.45, 7) is 0.475. The summed E-state index contributed by atoms with van der Waals surface area (Å²) in [6, 6.07) is 3.50. The molecular formula is C13H15NO5S. The Morgan fingerprint density at radius 1 is 1.30 bits per heavy atom.